The first kappa shape index (κ1) is 12.1. The molecule has 0 radical (unpaired) electrons. The van der Waals surface area contributed by atoms with Crippen LogP contribution in [0.25, 0.3) is 0 Å². The summed E-state index contributed by atoms with van der Waals surface area (Å²) in [5.41, 5.74) is 0. The quantitative estimate of drug-likeness (QED) is 0.373. The van der Waals surface area contributed by atoms with E-state index in [1.807, 2.05) is 14.0 Å². The van der Waals surface area contributed by atoms with Crippen molar-refractivity contribution in [1.82, 2.24) is 0 Å². The van der Waals surface area contributed by atoms with Gasteiger partial charge >= 0.3 is 0 Å². The molecular weight excluding hydrogens is 186 g/mol. The first-order valence-electron chi connectivity index (χ1n) is 2.65. The molecule has 0 aliphatic rings. The molecule has 0 bridgehead atoms. The number of hydrogen-bond donors (Lipinski definition) is 0. The molecule has 0 aliphatic carbocycles. The first-order valence-corrected chi connectivity index (χ1v) is 2.65. The number of halogens is 1. The molecule has 0 aliphatic heterocycles. The molecule has 0 amide bonds. The Morgan fingerprint density at radius 2 is 1.56 bits per heavy atom. The van der Waals surface area contributed by atoms with Crippen LogP contribution in [0, 0.1) is 0 Å². The monoisotopic (exact) mass is 199 g/mol. The molecule has 3 nitrogen and oxygen atoms in total. The maximum Gasteiger partial charge on any atom is 0.139 e. The van der Waals surface area contributed by atoms with Gasteiger partial charge in [0.1, 0.15) is 13.6 Å². The highest BCUT2D eigenvalue weighted by molar-refractivity contribution is 3.97. The zero-order chi connectivity index (χ0) is 6.62. The molecule has 0 heterocycles. The molecule has 0 N–H and O–H groups in total. The molecule has 58 valence electrons. The third kappa shape index (κ3) is 3.86. The van der Waals surface area contributed by atoms with E-state index in [0.717, 1.165) is 6.54 Å². The van der Waals surface area contributed by atoms with Gasteiger partial charge in [0, 0.05) is 0 Å². The van der Waals surface area contributed by atoms with Gasteiger partial charge in [0.15, 0.2) is 0 Å². The minimum atomic E-state index is 0. The van der Waals surface area contributed by atoms with E-state index in [-0.39, 0.29) is 21.8 Å². The average molecular weight is 200 g/mol. The van der Waals surface area contributed by atoms with Crippen molar-refractivity contribution in [2.45, 2.75) is 6.92 Å². The van der Waals surface area contributed by atoms with Crippen LogP contribution < -0.4 is 17.0 Å². The number of hydrogen-bond acceptors (Lipinski definition) is 2. The molecule has 0 saturated carbocycles. The standard InChI is InChI=1S/C5H14NO2.BrH/c1-5-6(2,7-3)8-4;/h5H2,1-4H3;1H/q+1;/p-1. The van der Waals surface area contributed by atoms with E-state index in [0.29, 0.717) is 0 Å². The lowest BCUT2D eigenvalue weighted by Crippen LogP contribution is -3.00. The van der Waals surface area contributed by atoms with Crippen LogP contribution in [-0.2, 0) is 9.68 Å². The van der Waals surface area contributed by atoms with Gasteiger partial charge in [-0.2, -0.15) is 9.68 Å². The smallest absolute Gasteiger partial charge is 0.139 e. The first-order chi connectivity index (χ1) is 3.68. The lowest BCUT2D eigenvalue weighted by atomic mass is 10.7. The van der Waals surface area contributed by atoms with E-state index in [2.05, 4.69) is 0 Å². The zero-order valence-electron chi connectivity index (χ0n) is 6.35. The lowest BCUT2D eigenvalue weighted by Gasteiger charge is -2.22. The average Bonchev–Trinajstić information content (AvgIpc) is 1.87. The molecule has 0 aromatic rings. The lowest BCUT2D eigenvalue weighted by molar-refractivity contribution is -1.23. The van der Waals surface area contributed by atoms with Crippen LogP contribution in [0.1, 0.15) is 6.92 Å². The summed E-state index contributed by atoms with van der Waals surface area (Å²) in [5, 5.41) is 0. The van der Waals surface area contributed by atoms with Gasteiger partial charge in [-0.05, 0) is 11.7 Å². The summed E-state index contributed by atoms with van der Waals surface area (Å²) in [6, 6.07) is 0. The number of rotatable bonds is 3. The summed E-state index contributed by atoms with van der Waals surface area (Å²) in [5.74, 6) is 0. The van der Waals surface area contributed by atoms with Gasteiger partial charge in [0.25, 0.3) is 0 Å². The normalized spacial score (nSPS) is 10.7. The molecular formula is C5H14BrNO2. The molecule has 0 saturated heterocycles. The third-order valence-corrected chi connectivity index (χ3v) is 1.35. The Morgan fingerprint density at radius 3 is 1.56 bits per heavy atom. The minimum Gasteiger partial charge on any atom is -1.00 e. The Bertz CT molecular complexity index is 57.7. The van der Waals surface area contributed by atoms with Gasteiger partial charge in [0.05, 0.1) is 14.2 Å². The SMILES string of the molecule is CC[N+](C)(OC)OC.[Br-]. The fourth-order valence-electron chi connectivity index (χ4n) is 0.333. The van der Waals surface area contributed by atoms with Crippen LogP contribution in [-0.4, -0.2) is 32.6 Å². The topological polar surface area (TPSA) is 18.5 Å². The van der Waals surface area contributed by atoms with Gasteiger partial charge in [-0.1, -0.05) is 0 Å². The molecule has 0 atom stereocenters. The van der Waals surface area contributed by atoms with Crippen molar-refractivity contribution in [2.24, 2.45) is 0 Å². The van der Waals surface area contributed by atoms with Gasteiger partial charge in [-0.15, -0.1) is 0 Å². The van der Waals surface area contributed by atoms with Crippen LogP contribution in [0.15, 0.2) is 0 Å². The van der Waals surface area contributed by atoms with E-state index >= 15 is 0 Å². The van der Waals surface area contributed by atoms with Gasteiger partial charge in [-0.25, -0.2) is 0 Å². The highest BCUT2D eigenvalue weighted by Gasteiger charge is 2.17. The Balaban J connectivity index is 0. The molecule has 4 heteroatoms. The Labute approximate surface area is 66.8 Å². The maximum atomic E-state index is 4.95. The van der Waals surface area contributed by atoms with Crippen molar-refractivity contribution in [3.63, 3.8) is 0 Å². The van der Waals surface area contributed by atoms with Gasteiger partial charge < -0.3 is 17.0 Å². The summed E-state index contributed by atoms with van der Waals surface area (Å²) < 4.78 is 0. The predicted molar refractivity (Wildman–Crippen MR) is 30.7 cm³/mol. The molecule has 0 unspecified atom stereocenters. The van der Waals surface area contributed by atoms with Gasteiger partial charge in [-0.3, -0.25) is 0 Å². The highest BCUT2D eigenvalue weighted by atomic mass is 79.9. The van der Waals surface area contributed by atoms with Crippen LogP contribution in [0.3, 0.4) is 0 Å². The second-order valence-electron chi connectivity index (χ2n) is 1.70. The Kier molecular flexibility index (Phi) is 6.94. The summed E-state index contributed by atoms with van der Waals surface area (Å²) in [6.45, 7) is 2.81. The highest BCUT2D eigenvalue weighted by Crippen LogP contribution is 1.99. The summed E-state index contributed by atoms with van der Waals surface area (Å²) >= 11 is 0. The van der Waals surface area contributed by atoms with E-state index in [1.54, 1.807) is 14.2 Å². The number of quaternary nitrogens is 1. The number of hydroxylamine groups is 4. The van der Waals surface area contributed by atoms with Crippen LogP contribution >= 0.6 is 0 Å². The second-order valence-corrected chi connectivity index (χ2v) is 1.70. The van der Waals surface area contributed by atoms with Crippen molar-refractivity contribution >= 4 is 0 Å². The Hall–Kier alpha value is 0.360. The number of nitrogens with zero attached hydrogens (tertiary/aromatic N) is 1. The zero-order valence-corrected chi connectivity index (χ0v) is 7.93. The van der Waals surface area contributed by atoms with E-state index in [1.165, 1.54) is 0 Å². The largest absolute Gasteiger partial charge is 1.00 e. The predicted octanol–water partition coefficient (Wildman–Crippen LogP) is -2.42. The van der Waals surface area contributed by atoms with E-state index in [9.17, 15) is 0 Å². The molecule has 0 aromatic carbocycles. The third-order valence-electron chi connectivity index (χ3n) is 1.35. The van der Waals surface area contributed by atoms with Gasteiger partial charge in [0.2, 0.25) is 0 Å². The second kappa shape index (κ2) is 5.17. The molecule has 9 heavy (non-hydrogen) atoms. The van der Waals surface area contributed by atoms with Crippen LogP contribution in [0.4, 0.5) is 0 Å². The molecule has 0 spiro atoms. The van der Waals surface area contributed by atoms with Crippen LogP contribution in [0.2, 0.25) is 0 Å². The Morgan fingerprint density at radius 1 is 1.22 bits per heavy atom. The molecule has 0 aromatic heterocycles. The minimum absolute atomic E-state index is 0. The fourth-order valence-corrected chi connectivity index (χ4v) is 0.333. The van der Waals surface area contributed by atoms with Crippen molar-refractivity contribution in [1.29, 1.82) is 0 Å². The van der Waals surface area contributed by atoms with Crippen LogP contribution in [0.5, 0.6) is 0 Å². The van der Waals surface area contributed by atoms with Crippen molar-refractivity contribution in [3.05, 3.63) is 0 Å². The van der Waals surface area contributed by atoms with E-state index in [4.69, 9.17) is 9.68 Å². The maximum absolute atomic E-state index is 4.95. The van der Waals surface area contributed by atoms with Crippen molar-refractivity contribution in [2.75, 3.05) is 27.8 Å². The van der Waals surface area contributed by atoms with Crippen molar-refractivity contribution in [3.8, 4) is 0 Å². The van der Waals surface area contributed by atoms with E-state index < -0.39 is 0 Å². The summed E-state index contributed by atoms with van der Waals surface area (Å²) in [7, 11) is 5.08. The summed E-state index contributed by atoms with van der Waals surface area (Å²) in [4.78, 5) is 10.1. The summed E-state index contributed by atoms with van der Waals surface area (Å²) in [6.07, 6.45) is 0. The molecule has 0 rings (SSSR count). The fraction of sp³-hybridized carbons (Fsp3) is 1.00. The molecule has 0 fully saturated rings. The van der Waals surface area contributed by atoms with Crippen molar-refractivity contribution < 1.29 is 31.5 Å².